The lowest BCUT2D eigenvalue weighted by Crippen LogP contribution is -2.24. The molecule has 1 aromatic heterocycles. The van der Waals surface area contributed by atoms with E-state index in [9.17, 15) is 4.79 Å². The molecule has 4 nitrogen and oxygen atoms in total. The molecular formula is C9H12N2O2. The predicted octanol–water partition coefficient (Wildman–Crippen LogP) is 1.43. The Labute approximate surface area is 77.0 Å². The number of hydrogen-bond acceptors (Lipinski definition) is 4. The number of hydrogen-bond donors (Lipinski definition) is 0. The van der Waals surface area contributed by atoms with Gasteiger partial charge in [0.05, 0.1) is 0 Å². The van der Waals surface area contributed by atoms with E-state index in [1.165, 1.54) is 18.6 Å². The van der Waals surface area contributed by atoms with Crippen molar-refractivity contribution < 1.29 is 9.53 Å². The average molecular weight is 180 g/mol. The van der Waals surface area contributed by atoms with Gasteiger partial charge in [-0.25, -0.2) is 14.8 Å². The molecule has 0 saturated carbocycles. The van der Waals surface area contributed by atoms with Crippen LogP contribution in [0.1, 0.15) is 31.3 Å². The summed E-state index contributed by atoms with van der Waals surface area (Å²) in [6, 6.07) is 1.52. The molecule has 0 unspecified atom stereocenters. The van der Waals surface area contributed by atoms with Crippen LogP contribution >= 0.6 is 0 Å². The van der Waals surface area contributed by atoms with Gasteiger partial charge in [0, 0.05) is 6.20 Å². The summed E-state index contributed by atoms with van der Waals surface area (Å²) < 4.78 is 5.09. The molecule has 1 rings (SSSR count). The van der Waals surface area contributed by atoms with E-state index in [1.807, 2.05) is 20.8 Å². The summed E-state index contributed by atoms with van der Waals surface area (Å²) in [5.41, 5.74) is -0.202. The van der Waals surface area contributed by atoms with Crippen molar-refractivity contribution in [3.05, 3.63) is 24.3 Å². The second-order valence-electron chi connectivity index (χ2n) is 3.60. The van der Waals surface area contributed by atoms with Gasteiger partial charge < -0.3 is 4.74 Å². The van der Waals surface area contributed by atoms with Crippen LogP contribution in [-0.2, 0) is 4.74 Å². The minimum Gasteiger partial charge on any atom is -0.455 e. The fourth-order valence-corrected chi connectivity index (χ4v) is 0.742. The van der Waals surface area contributed by atoms with Crippen molar-refractivity contribution in [1.29, 1.82) is 0 Å². The van der Waals surface area contributed by atoms with Gasteiger partial charge in [-0.2, -0.15) is 0 Å². The van der Waals surface area contributed by atoms with Crippen molar-refractivity contribution in [2.45, 2.75) is 26.4 Å². The molecule has 70 valence electrons. The van der Waals surface area contributed by atoms with Crippen LogP contribution in [0.2, 0.25) is 0 Å². The summed E-state index contributed by atoms with van der Waals surface area (Å²) in [5, 5.41) is 0. The van der Waals surface area contributed by atoms with Crippen LogP contribution in [0, 0.1) is 0 Å². The Balaban J connectivity index is 2.71. The molecule has 0 radical (unpaired) electrons. The molecule has 0 aliphatic carbocycles. The molecule has 0 bridgehead atoms. The Morgan fingerprint density at radius 3 is 2.62 bits per heavy atom. The highest BCUT2D eigenvalue weighted by atomic mass is 16.6. The number of ether oxygens (including phenoxy) is 1. The third-order valence-electron chi connectivity index (χ3n) is 1.19. The van der Waals surface area contributed by atoms with Crippen molar-refractivity contribution in [1.82, 2.24) is 9.97 Å². The topological polar surface area (TPSA) is 52.1 Å². The molecule has 0 aromatic carbocycles. The van der Waals surface area contributed by atoms with Crippen LogP contribution in [-0.4, -0.2) is 21.5 Å². The van der Waals surface area contributed by atoms with Crippen LogP contribution in [0.5, 0.6) is 0 Å². The Hall–Kier alpha value is -1.45. The number of carbonyl (C=O) groups excluding carboxylic acids is 1. The van der Waals surface area contributed by atoms with E-state index in [-0.39, 0.29) is 5.69 Å². The van der Waals surface area contributed by atoms with E-state index in [4.69, 9.17) is 4.74 Å². The summed E-state index contributed by atoms with van der Waals surface area (Å²) >= 11 is 0. The highest BCUT2D eigenvalue weighted by molar-refractivity contribution is 5.87. The zero-order valence-electron chi connectivity index (χ0n) is 7.94. The molecule has 0 amide bonds. The van der Waals surface area contributed by atoms with Crippen molar-refractivity contribution in [3.8, 4) is 0 Å². The lowest BCUT2D eigenvalue weighted by atomic mass is 10.2. The molecule has 1 heterocycles. The lowest BCUT2D eigenvalue weighted by molar-refractivity contribution is 0.00626. The summed E-state index contributed by atoms with van der Waals surface area (Å²) in [7, 11) is 0. The normalized spacial score (nSPS) is 11.0. The molecule has 0 atom stereocenters. The van der Waals surface area contributed by atoms with Gasteiger partial charge >= 0.3 is 5.97 Å². The Morgan fingerprint density at radius 1 is 1.46 bits per heavy atom. The molecule has 0 aliphatic heterocycles. The maximum absolute atomic E-state index is 11.3. The Kier molecular flexibility index (Phi) is 2.60. The van der Waals surface area contributed by atoms with Crippen LogP contribution in [0.3, 0.4) is 0 Å². The summed E-state index contributed by atoms with van der Waals surface area (Å²) in [4.78, 5) is 18.8. The smallest absolute Gasteiger partial charge is 0.357 e. The maximum Gasteiger partial charge on any atom is 0.357 e. The monoisotopic (exact) mass is 180 g/mol. The lowest BCUT2D eigenvalue weighted by Gasteiger charge is -2.18. The van der Waals surface area contributed by atoms with E-state index in [0.29, 0.717) is 0 Å². The first-order valence-electron chi connectivity index (χ1n) is 3.98. The minimum atomic E-state index is -0.484. The van der Waals surface area contributed by atoms with Gasteiger partial charge in [-0.1, -0.05) is 0 Å². The highest BCUT2D eigenvalue weighted by Crippen LogP contribution is 2.09. The molecule has 13 heavy (non-hydrogen) atoms. The van der Waals surface area contributed by atoms with E-state index < -0.39 is 11.6 Å². The van der Waals surface area contributed by atoms with E-state index in [2.05, 4.69) is 9.97 Å². The second kappa shape index (κ2) is 3.51. The molecule has 0 saturated heterocycles. The number of carbonyl (C=O) groups is 1. The first kappa shape index (κ1) is 9.64. The largest absolute Gasteiger partial charge is 0.455 e. The molecule has 0 aliphatic rings. The Bertz CT molecular complexity index is 290. The van der Waals surface area contributed by atoms with Gasteiger partial charge in [0.25, 0.3) is 0 Å². The minimum absolute atomic E-state index is 0.282. The molecule has 4 heteroatoms. The summed E-state index contributed by atoms with van der Waals surface area (Å²) in [6.45, 7) is 5.43. The van der Waals surface area contributed by atoms with E-state index >= 15 is 0 Å². The van der Waals surface area contributed by atoms with Crippen LogP contribution in [0.25, 0.3) is 0 Å². The SMILES string of the molecule is CC(C)(C)OC(=O)c1ccncn1. The second-order valence-corrected chi connectivity index (χ2v) is 3.60. The van der Waals surface area contributed by atoms with E-state index in [0.717, 1.165) is 0 Å². The van der Waals surface area contributed by atoms with Crippen LogP contribution in [0.15, 0.2) is 18.6 Å². The van der Waals surface area contributed by atoms with Crippen molar-refractivity contribution in [3.63, 3.8) is 0 Å². The molecule has 0 N–H and O–H groups in total. The third-order valence-corrected chi connectivity index (χ3v) is 1.19. The predicted molar refractivity (Wildman–Crippen MR) is 47.2 cm³/mol. The first-order chi connectivity index (χ1) is 5.99. The zero-order chi connectivity index (χ0) is 9.90. The van der Waals surface area contributed by atoms with Crippen molar-refractivity contribution in [2.75, 3.05) is 0 Å². The van der Waals surface area contributed by atoms with Crippen molar-refractivity contribution >= 4 is 5.97 Å². The summed E-state index contributed by atoms with van der Waals surface area (Å²) in [5.74, 6) is -0.421. The zero-order valence-corrected chi connectivity index (χ0v) is 7.94. The number of rotatable bonds is 1. The number of esters is 1. The van der Waals surface area contributed by atoms with Crippen LogP contribution < -0.4 is 0 Å². The van der Waals surface area contributed by atoms with Gasteiger partial charge in [0.2, 0.25) is 0 Å². The Morgan fingerprint density at radius 2 is 2.15 bits per heavy atom. The summed E-state index contributed by atoms with van der Waals surface area (Å²) in [6.07, 6.45) is 2.82. The maximum atomic E-state index is 11.3. The molecule has 0 fully saturated rings. The average Bonchev–Trinajstić information content (AvgIpc) is 2.03. The molecule has 0 spiro atoms. The molecule has 1 aromatic rings. The highest BCUT2D eigenvalue weighted by Gasteiger charge is 2.18. The van der Waals surface area contributed by atoms with Gasteiger partial charge in [-0.3, -0.25) is 0 Å². The number of aromatic nitrogens is 2. The van der Waals surface area contributed by atoms with Gasteiger partial charge in [-0.15, -0.1) is 0 Å². The van der Waals surface area contributed by atoms with Gasteiger partial charge in [0.15, 0.2) is 5.69 Å². The first-order valence-corrected chi connectivity index (χ1v) is 3.98. The standard InChI is InChI=1S/C9H12N2O2/c1-9(2,3)13-8(12)7-4-5-10-6-11-7/h4-6H,1-3H3. The fraction of sp³-hybridized carbons (Fsp3) is 0.444. The fourth-order valence-electron chi connectivity index (χ4n) is 0.742. The van der Waals surface area contributed by atoms with Crippen LogP contribution in [0.4, 0.5) is 0 Å². The van der Waals surface area contributed by atoms with E-state index in [1.54, 1.807) is 0 Å². The number of nitrogens with zero attached hydrogens (tertiary/aromatic N) is 2. The third kappa shape index (κ3) is 3.19. The molecular weight excluding hydrogens is 168 g/mol. The van der Waals surface area contributed by atoms with Crippen molar-refractivity contribution in [2.24, 2.45) is 0 Å². The quantitative estimate of drug-likeness (QED) is 0.613. The van der Waals surface area contributed by atoms with Gasteiger partial charge in [0.1, 0.15) is 11.9 Å². The van der Waals surface area contributed by atoms with Gasteiger partial charge in [-0.05, 0) is 26.8 Å².